The molecule has 1 heterocycles. The molecule has 0 fully saturated rings. The maximum absolute atomic E-state index is 12.7. The van der Waals surface area contributed by atoms with Gasteiger partial charge < -0.3 is 29.6 Å². The van der Waals surface area contributed by atoms with Crippen LogP contribution >= 0.6 is 12.2 Å². The maximum atomic E-state index is 12.7. The van der Waals surface area contributed by atoms with Crippen molar-refractivity contribution in [1.29, 1.82) is 0 Å². The van der Waals surface area contributed by atoms with Gasteiger partial charge in [-0.1, -0.05) is 32.3 Å². The Morgan fingerprint density at radius 3 is 2.60 bits per heavy atom. The largest absolute Gasteiger partial charge is 0.493 e. The van der Waals surface area contributed by atoms with Gasteiger partial charge in [-0.2, -0.15) is 0 Å². The van der Waals surface area contributed by atoms with Crippen LogP contribution in [0, 0.1) is 0 Å². The molecule has 0 aliphatic carbocycles. The molecule has 1 atom stereocenters. The van der Waals surface area contributed by atoms with E-state index in [4.69, 9.17) is 31.2 Å². The van der Waals surface area contributed by atoms with E-state index in [0.29, 0.717) is 41.1 Å². The topological polar surface area (TPSA) is 78.1 Å². The van der Waals surface area contributed by atoms with Crippen molar-refractivity contribution in [2.75, 3.05) is 34.0 Å². The van der Waals surface area contributed by atoms with Gasteiger partial charge in [0.15, 0.2) is 16.6 Å². The van der Waals surface area contributed by atoms with E-state index in [9.17, 15) is 4.79 Å². The maximum Gasteiger partial charge on any atom is 0.338 e. The van der Waals surface area contributed by atoms with Gasteiger partial charge in [-0.3, -0.25) is 0 Å². The van der Waals surface area contributed by atoms with Crippen LogP contribution in [0.25, 0.3) is 0 Å². The molecule has 2 N–H and O–H groups in total. The number of ether oxygens (including phenoxy) is 4. The normalized spacial score (nSPS) is 16.0. The summed E-state index contributed by atoms with van der Waals surface area (Å²) in [6.07, 6.45) is 4.54. The summed E-state index contributed by atoms with van der Waals surface area (Å²) in [5.41, 5.74) is 1.95. The number of carbonyl (C=O) groups excluding carboxylic acids is 1. The second-order valence-corrected chi connectivity index (χ2v) is 7.43. The molecule has 0 amide bonds. The predicted molar refractivity (Wildman–Crippen MR) is 120 cm³/mol. The lowest BCUT2D eigenvalue weighted by molar-refractivity contribution is -0.140. The molecule has 0 aromatic heterocycles. The molecule has 0 spiro atoms. The number of allylic oxidation sites excluding steroid dienone is 1. The smallest absolute Gasteiger partial charge is 0.338 e. The van der Waals surface area contributed by atoms with E-state index < -0.39 is 12.0 Å². The second-order valence-electron chi connectivity index (χ2n) is 7.02. The van der Waals surface area contributed by atoms with Crippen molar-refractivity contribution >= 4 is 23.3 Å². The van der Waals surface area contributed by atoms with Crippen molar-refractivity contribution in [3.05, 3.63) is 35.0 Å². The summed E-state index contributed by atoms with van der Waals surface area (Å²) in [6.45, 7) is 5.14. The first-order chi connectivity index (χ1) is 14.5. The number of hydrogen-bond donors (Lipinski definition) is 2. The van der Waals surface area contributed by atoms with Crippen LogP contribution in [0.3, 0.4) is 0 Å². The van der Waals surface area contributed by atoms with Crippen LogP contribution in [0.5, 0.6) is 11.5 Å². The van der Waals surface area contributed by atoms with Gasteiger partial charge in [0.25, 0.3) is 0 Å². The molecule has 0 bridgehead atoms. The molecule has 1 aliphatic rings. The van der Waals surface area contributed by atoms with Crippen LogP contribution in [0.4, 0.5) is 0 Å². The lowest BCUT2D eigenvalue weighted by Gasteiger charge is -2.30. The monoisotopic (exact) mass is 436 g/mol. The van der Waals surface area contributed by atoms with Gasteiger partial charge in [0, 0.05) is 12.8 Å². The Kier molecular flexibility index (Phi) is 9.89. The van der Waals surface area contributed by atoms with Gasteiger partial charge in [0.1, 0.15) is 6.61 Å². The summed E-state index contributed by atoms with van der Waals surface area (Å²) in [5.74, 6) is 0.866. The minimum absolute atomic E-state index is 0.178. The number of unbranched alkanes of at least 4 members (excludes halogenated alkanes) is 3. The Balaban J connectivity index is 2.20. The van der Waals surface area contributed by atoms with Crippen molar-refractivity contribution in [2.24, 2.45) is 0 Å². The highest BCUT2D eigenvalue weighted by molar-refractivity contribution is 7.80. The van der Waals surface area contributed by atoms with Crippen LogP contribution in [-0.2, 0) is 14.3 Å². The Labute approximate surface area is 184 Å². The molecule has 0 saturated carbocycles. The van der Waals surface area contributed by atoms with Crippen LogP contribution in [0.2, 0.25) is 0 Å². The van der Waals surface area contributed by atoms with Crippen molar-refractivity contribution in [2.45, 2.75) is 45.6 Å². The molecular weight excluding hydrogens is 404 g/mol. The van der Waals surface area contributed by atoms with Gasteiger partial charge in [0.2, 0.25) is 0 Å². The number of hydrogen-bond acceptors (Lipinski definition) is 6. The Morgan fingerprint density at radius 1 is 1.10 bits per heavy atom. The Bertz CT molecular complexity index is 766. The Hall–Kier alpha value is -2.32. The number of methoxy groups -OCH3 is 2. The zero-order valence-corrected chi connectivity index (χ0v) is 19.0. The lowest BCUT2D eigenvalue weighted by atomic mass is 9.95. The average Bonchev–Trinajstić information content (AvgIpc) is 2.73. The molecule has 0 saturated heterocycles. The molecule has 166 valence electrons. The van der Waals surface area contributed by atoms with Crippen LogP contribution in [0.15, 0.2) is 29.5 Å². The van der Waals surface area contributed by atoms with E-state index in [-0.39, 0.29) is 6.61 Å². The molecule has 1 aromatic carbocycles. The van der Waals surface area contributed by atoms with E-state index in [1.807, 2.05) is 18.2 Å². The van der Waals surface area contributed by atoms with Gasteiger partial charge in [-0.15, -0.1) is 0 Å². The van der Waals surface area contributed by atoms with E-state index in [1.54, 1.807) is 21.1 Å². The van der Waals surface area contributed by atoms with E-state index in [1.165, 1.54) is 12.8 Å². The molecule has 0 radical (unpaired) electrons. The summed E-state index contributed by atoms with van der Waals surface area (Å²) in [7, 11) is 3.16. The molecular formula is C22H32N2O5S. The third-order valence-electron chi connectivity index (χ3n) is 4.79. The molecule has 0 unspecified atom stereocenters. The predicted octanol–water partition coefficient (Wildman–Crippen LogP) is 3.64. The zero-order valence-electron chi connectivity index (χ0n) is 18.2. The molecule has 1 aliphatic heterocycles. The fourth-order valence-corrected chi connectivity index (χ4v) is 3.47. The van der Waals surface area contributed by atoms with Crippen molar-refractivity contribution in [3.8, 4) is 11.5 Å². The van der Waals surface area contributed by atoms with Crippen molar-refractivity contribution in [1.82, 2.24) is 10.6 Å². The standard InChI is InChI=1S/C22H32N2O5S/c1-5-6-7-8-11-28-17-10-9-16(14-18(17)27-4)20-19(15(2)23-22(30)24-20)21(25)29-13-12-26-3/h9-10,14,20H,5-8,11-13H2,1-4H3,(H2,23,24,30)/t20-/m0/s1. The van der Waals surface area contributed by atoms with E-state index in [2.05, 4.69) is 17.6 Å². The first-order valence-corrected chi connectivity index (χ1v) is 10.7. The van der Waals surface area contributed by atoms with Crippen molar-refractivity contribution < 1.29 is 23.7 Å². The minimum Gasteiger partial charge on any atom is -0.493 e. The summed E-state index contributed by atoms with van der Waals surface area (Å²) in [4.78, 5) is 12.7. The lowest BCUT2D eigenvalue weighted by Crippen LogP contribution is -2.45. The van der Waals surface area contributed by atoms with Crippen LogP contribution < -0.4 is 20.1 Å². The van der Waals surface area contributed by atoms with Gasteiger partial charge in [0.05, 0.1) is 31.9 Å². The summed E-state index contributed by atoms with van der Waals surface area (Å²) >= 11 is 5.30. The fraction of sp³-hybridized carbons (Fsp3) is 0.545. The number of carbonyl (C=O) groups is 1. The first-order valence-electron chi connectivity index (χ1n) is 10.3. The third-order valence-corrected chi connectivity index (χ3v) is 5.01. The number of rotatable bonds is 12. The summed E-state index contributed by atoms with van der Waals surface area (Å²) in [5, 5.41) is 6.60. The second kappa shape index (κ2) is 12.4. The first kappa shape index (κ1) is 24.0. The van der Waals surface area contributed by atoms with Crippen molar-refractivity contribution in [3.63, 3.8) is 0 Å². The SMILES string of the molecule is CCCCCCOc1ccc([C@@H]2NC(=S)NC(C)=C2C(=O)OCCOC)cc1OC. The zero-order chi connectivity index (χ0) is 21.9. The van der Waals surface area contributed by atoms with Gasteiger partial charge >= 0.3 is 5.97 Å². The molecule has 2 rings (SSSR count). The highest BCUT2D eigenvalue weighted by Crippen LogP contribution is 2.34. The summed E-state index contributed by atoms with van der Waals surface area (Å²) in [6, 6.07) is 5.18. The minimum atomic E-state index is -0.457. The molecule has 7 nitrogen and oxygen atoms in total. The Morgan fingerprint density at radius 2 is 1.90 bits per heavy atom. The van der Waals surface area contributed by atoms with Crippen LogP contribution in [-0.4, -0.2) is 45.1 Å². The molecule has 8 heteroatoms. The van der Waals surface area contributed by atoms with E-state index in [0.717, 1.165) is 18.4 Å². The van der Waals surface area contributed by atoms with Crippen LogP contribution in [0.1, 0.15) is 51.1 Å². The fourth-order valence-electron chi connectivity index (χ4n) is 3.20. The highest BCUT2D eigenvalue weighted by atomic mass is 32.1. The highest BCUT2D eigenvalue weighted by Gasteiger charge is 2.31. The number of nitrogens with one attached hydrogen (secondary N) is 2. The summed E-state index contributed by atoms with van der Waals surface area (Å²) < 4.78 is 21.7. The quantitative estimate of drug-likeness (QED) is 0.292. The number of benzene rings is 1. The number of esters is 1. The molecule has 30 heavy (non-hydrogen) atoms. The third kappa shape index (κ3) is 6.60. The van der Waals surface area contributed by atoms with E-state index >= 15 is 0 Å². The van der Waals surface area contributed by atoms with Gasteiger partial charge in [-0.05, 0) is 43.3 Å². The molecule has 1 aromatic rings. The average molecular weight is 437 g/mol. The van der Waals surface area contributed by atoms with Gasteiger partial charge in [-0.25, -0.2) is 4.79 Å². The number of thiocarbonyl (C=S) groups is 1.